The molecule has 9 nitrogen and oxygen atoms in total. The largest absolute Gasteiger partial charge is 0.467 e. The van der Waals surface area contributed by atoms with Gasteiger partial charge in [-0.15, -0.1) is 0 Å². The van der Waals surface area contributed by atoms with E-state index >= 15 is 0 Å². The third-order valence-electron chi connectivity index (χ3n) is 6.52. The zero-order valence-electron chi connectivity index (χ0n) is 21.7. The van der Waals surface area contributed by atoms with Gasteiger partial charge in [-0.2, -0.15) is 0 Å². The van der Waals surface area contributed by atoms with Crippen molar-refractivity contribution in [2.24, 2.45) is 0 Å². The van der Waals surface area contributed by atoms with Crippen LogP contribution in [0.2, 0.25) is 0 Å². The predicted octanol–water partition coefficient (Wildman–Crippen LogP) is 3.32. The highest BCUT2D eigenvalue weighted by Gasteiger charge is 2.51. The molecule has 1 aliphatic rings. The molecule has 0 bridgehead atoms. The van der Waals surface area contributed by atoms with Crippen LogP contribution in [0, 0.1) is 6.92 Å². The van der Waals surface area contributed by atoms with Gasteiger partial charge in [-0.25, -0.2) is 9.59 Å². The van der Waals surface area contributed by atoms with E-state index in [1.54, 1.807) is 0 Å². The summed E-state index contributed by atoms with van der Waals surface area (Å²) in [5.74, 6) is -1.91. The molecule has 0 aromatic heterocycles. The first-order valence-corrected chi connectivity index (χ1v) is 12.3. The van der Waals surface area contributed by atoms with Gasteiger partial charge >= 0.3 is 18.0 Å². The third-order valence-corrected chi connectivity index (χ3v) is 6.52. The molecule has 0 aliphatic carbocycles. The summed E-state index contributed by atoms with van der Waals surface area (Å²) < 4.78 is 15.6. The van der Waals surface area contributed by atoms with Crippen LogP contribution in [0.4, 0.5) is 4.79 Å². The van der Waals surface area contributed by atoms with Crippen LogP contribution in [0.3, 0.4) is 0 Å². The zero-order chi connectivity index (χ0) is 27.0. The Morgan fingerprint density at radius 3 is 2.32 bits per heavy atom. The van der Waals surface area contributed by atoms with Gasteiger partial charge in [0, 0.05) is 19.9 Å². The van der Waals surface area contributed by atoms with Crippen molar-refractivity contribution in [2.45, 2.75) is 64.3 Å². The second-order valence-electron chi connectivity index (χ2n) is 9.28. The molecule has 2 aromatic carbocycles. The summed E-state index contributed by atoms with van der Waals surface area (Å²) in [5, 5.41) is 2.71. The Hall–Kier alpha value is -3.88. The van der Waals surface area contributed by atoms with Gasteiger partial charge in [-0.1, -0.05) is 60.2 Å². The quantitative estimate of drug-likeness (QED) is 0.407. The molecule has 0 saturated carbocycles. The van der Waals surface area contributed by atoms with Crippen molar-refractivity contribution in [3.63, 3.8) is 0 Å². The van der Waals surface area contributed by atoms with E-state index in [1.165, 1.54) is 25.9 Å². The maximum atomic E-state index is 13.9. The van der Waals surface area contributed by atoms with Crippen molar-refractivity contribution in [1.29, 1.82) is 0 Å². The van der Waals surface area contributed by atoms with Crippen molar-refractivity contribution < 1.29 is 33.4 Å². The van der Waals surface area contributed by atoms with Gasteiger partial charge in [0.1, 0.15) is 18.2 Å². The Morgan fingerprint density at radius 1 is 1.03 bits per heavy atom. The first-order chi connectivity index (χ1) is 17.7. The van der Waals surface area contributed by atoms with Gasteiger partial charge in [-0.05, 0) is 37.8 Å². The van der Waals surface area contributed by atoms with Crippen molar-refractivity contribution >= 4 is 23.9 Å². The number of esters is 2. The SMILES string of the molecule is COC(=O)[C@@H](NC(=O)C1(Cc2ccc(C)cc2)CCCN1C(=O)OCc1ccccc1)[C@@H](C)OC(C)=O. The minimum atomic E-state index is -1.31. The first-order valence-electron chi connectivity index (χ1n) is 12.3. The van der Waals surface area contributed by atoms with Crippen LogP contribution in [0.5, 0.6) is 0 Å². The van der Waals surface area contributed by atoms with Gasteiger partial charge in [-0.3, -0.25) is 14.5 Å². The van der Waals surface area contributed by atoms with Crippen molar-refractivity contribution in [2.75, 3.05) is 13.7 Å². The number of carbonyl (C=O) groups is 4. The number of aryl methyl sites for hydroxylation is 1. The molecule has 1 saturated heterocycles. The normalized spacial score (nSPS) is 18.4. The summed E-state index contributed by atoms with van der Waals surface area (Å²) in [5.41, 5.74) is 1.43. The number of benzene rings is 2. The lowest BCUT2D eigenvalue weighted by Gasteiger charge is -2.38. The molecule has 1 fully saturated rings. The van der Waals surface area contributed by atoms with Crippen LogP contribution in [-0.4, -0.2) is 60.2 Å². The summed E-state index contributed by atoms with van der Waals surface area (Å²) in [4.78, 5) is 52.7. The zero-order valence-corrected chi connectivity index (χ0v) is 21.7. The molecule has 2 aromatic rings. The van der Waals surface area contributed by atoms with Gasteiger partial charge in [0.15, 0.2) is 6.04 Å². The summed E-state index contributed by atoms with van der Waals surface area (Å²) in [6.07, 6.45) is -0.447. The molecule has 9 heteroatoms. The van der Waals surface area contributed by atoms with Crippen LogP contribution in [0.1, 0.15) is 43.4 Å². The third kappa shape index (κ3) is 6.87. The summed E-state index contributed by atoms with van der Waals surface area (Å²) in [6.45, 7) is 5.05. The minimum absolute atomic E-state index is 0.0622. The second kappa shape index (κ2) is 12.4. The summed E-state index contributed by atoms with van der Waals surface area (Å²) >= 11 is 0. The average Bonchev–Trinajstić information content (AvgIpc) is 3.31. The highest BCUT2D eigenvalue weighted by molar-refractivity contribution is 5.94. The minimum Gasteiger partial charge on any atom is -0.467 e. The Labute approximate surface area is 217 Å². The fraction of sp³-hybridized carbons (Fsp3) is 0.429. The lowest BCUT2D eigenvalue weighted by Crippen LogP contribution is -2.62. The molecule has 198 valence electrons. The fourth-order valence-electron chi connectivity index (χ4n) is 4.59. The number of rotatable bonds is 9. The van der Waals surface area contributed by atoms with E-state index < -0.39 is 41.6 Å². The molecule has 0 spiro atoms. The number of hydrogen-bond donors (Lipinski definition) is 1. The van der Waals surface area contributed by atoms with Crippen LogP contribution in [0.15, 0.2) is 54.6 Å². The highest BCUT2D eigenvalue weighted by atomic mass is 16.6. The number of amides is 2. The molecule has 1 heterocycles. The van der Waals surface area contributed by atoms with Crippen molar-refractivity contribution in [3.8, 4) is 0 Å². The van der Waals surface area contributed by atoms with Crippen LogP contribution in [0.25, 0.3) is 0 Å². The van der Waals surface area contributed by atoms with E-state index in [9.17, 15) is 19.2 Å². The van der Waals surface area contributed by atoms with Crippen LogP contribution >= 0.6 is 0 Å². The Bertz CT molecular complexity index is 1100. The summed E-state index contributed by atoms with van der Waals surface area (Å²) in [6, 6.07) is 15.7. The molecule has 3 atom stereocenters. The lowest BCUT2D eigenvalue weighted by atomic mass is 9.86. The molecular weight excluding hydrogens is 476 g/mol. The molecule has 2 amide bonds. The summed E-state index contributed by atoms with van der Waals surface area (Å²) in [7, 11) is 1.19. The molecule has 37 heavy (non-hydrogen) atoms. The smallest absolute Gasteiger partial charge is 0.411 e. The number of nitrogens with one attached hydrogen (secondary N) is 1. The van der Waals surface area contributed by atoms with E-state index in [0.717, 1.165) is 16.7 Å². The molecule has 0 radical (unpaired) electrons. The second-order valence-corrected chi connectivity index (χ2v) is 9.28. The number of methoxy groups -OCH3 is 1. The topological polar surface area (TPSA) is 111 Å². The molecule has 1 N–H and O–H groups in total. The van der Waals surface area contributed by atoms with Gasteiger partial charge in [0.25, 0.3) is 0 Å². The van der Waals surface area contributed by atoms with E-state index in [0.29, 0.717) is 19.4 Å². The fourth-order valence-corrected chi connectivity index (χ4v) is 4.59. The maximum Gasteiger partial charge on any atom is 0.411 e. The molecule has 1 aliphatic heterocycles. The van der Waals surface area contributed by atoms with Crippen LogP contribution < -0.4 is 5.32 Å². The van der Waals surface area contributed by atoms with Crippen molar-refractivity contribution in [3.05, 3.63) is 71.3 Å². The van der Waals surface area contributed by atoms with Crippen LogP contribution in [-0.2, 0) is 41.6 Å². The molecule has 1 unspecified atom stereocenters. The monoisotopic (exact) mass is 510 g/mol. The van der Waals surface area contributed by atoms with E-state index in [1.807, 2.05) is 61.5 Å². The van der Waals surface area contributed by atoms with Gasteiger partial charge in [0.2, 0.25) is 5.91 Å². The molecular formula is C28H34N2O7. The number of ether oxygens (including phenoxy) is 3. The number of nitrogens with zero attached hydrogens (tertiary/aromatic N) is 1. The maximum absolute atomic E-state index is 13.9. The number of carbonyl (C=O) groups excluding carboxylic acids is 4. The standard InChI is InChI=1S/C28H34N2O7/c1-19-11-13-22(14-12-19)17-28(26(33)29-24(25(32)35-4)20(2)37-21(3)31)15-8-16-30(28)27(34)36-18-23-9-6-5-7-10-23/h5-7,9-14,20,24H,8,15-18H2,1-4H3,(H,29,33)/t20-,24+,28?/m1/s1. The average molecular weight is 511 g/mol. The Balaban J connectivity index is 1.91. The van der Waals surface area contributed by atoms with Gasteiger partial charge < -0.3 is 19.5 Å². The van der Waals surface area contributed by atoms with Gasteiger partial charge in [0.05, 0.1) is 7.11 Å². The number of hydrogen-bond acceptors (Lipinski definition) is 7. The number of likely N-dealkylation sites (tertiary alicyclic amines) is 1. The highest BCUT2D eigenvalue weighted by Crippen LogP contribution is 2.34. The van der Waals surface area contributed by atoms with E-state index in [2.05, 4.69) is 5.32 Å². The van der Waals surface area contributed by atoms with E-state index in [-0.39, 0.29) is 13.0 Å². The Morgan fingerprint density at radius 2 is 1.70 bits per heavy atom. The Kier molecular flexibility index (Phi) is 9.27. The molecule has 3 rings (SSSR count). The van der Waals surface area contributed by atoms with E-state index in [4.69, 9.17) is 14.2 Å². The predicted molar refractivity (Wildman–Crippen MR) is 135 cm³/mol. The van der Waals surface area contributed by atoms with Crippen molar-refractivity contribution in [1.82, 2.24) is 10.2 Å². The lowest BCUT2D eigenvalue weighted by molar-refractivity contribution is -0.157. The first kappa shape index (κ1) is 27.7.